The fraction of sp³-hybridized carbons (Fsp3) is 0.0769. The van der Waals surface area contributed by atoms with Crippen LogP contribution in [0.3, 0.4) is 0 Å². The molecule has 2 aromatic carbocycles. The summed E-state index contributed by atoms with van der Waals surface area (Å²) in [5.41, 5.74) is 0.875. The van der Waals surface area contributed by atoms with E-state index in [1.807, 2.05) is 30.3 Å². The number of rotatable bonds is 3. The van der Waals surface area contributed by atoms with Crippen LogP contribution in [0.4, 0.5) is 0 Å². The second-order valence-electron chi connectivity index (χ2n) is 3.60. The van der Waals surface area contributed by atoms with Gasteiger partial charge in [0.2, 0.25) is 0 Å². The highest BCUT2D eigenvalue weighted by Gasteiger charge is 2.05. The van der Waals surface area contributed by atoms with E-state index in [9.17, 15) is 0 Å². The molecule has 18 heavy (non-hydrogen) atoms. The monoisotopic (exact) mass is 362 g/mol. The largest absolute Gasteiger partial charge is 0.392 e. The molecule has 0 aliphatic carbocycles. The molecule has 2 aromatic rings. The summed E-state index contributed by atoms with van der Waals surface area (Å²) in [4.78, 5) is 2.08. The lowest BCUT2D eigenvalue weighted by atomic mass is 10.2. The summed E-state index contributed by atoms with van der Waals surface area (Å²) in [6.07, 6.45) is 0. The third-order valence-electron chi connectivity index (χ3n) is 2.30. The molecule has 94 valence electrons. The van der Waals surface area contributed by atoms with Crippen LogP contribution in [0.1, 0.15) is 5.56 Å². The Labute approximate surface area is 128 Å². The number of halogens is 3. The van der Waals surface area contributed by atoms with Crippen molar-refractivity contribution in [2.45, 2.75) is 16.4 Å². The Bertz CT molecular complexity index is 575. The van der Waals surface area contributed by atoms with Crippen LogP contribution in [0.2, 0.25) is 10.0 Å². The van der Waals surface area contributed by atoms with Crippen molar-refractivity contribution in [3.05, 3.63) is 56.5 Å². The molecule has 1 nitrogen and oxygen atoms in total. The van der Waals surface area contributed by atoms with E-state index in [0.717, 1.165) is 19.8 Å². The minimum Gasteiger partial charge on any atom is -0.392 e. The number of benzene rings is 2. The molecule has 0 heterocycles. The fourth-order valence-corrected chi connectivity index (χ4v) is 3.28. The molecule has 0 aliphatic rings. The van der Waals surface area contributed by atoms with E-state index in [-0.39, 0.29) is 6.61 Å². The highest BCUT2D eigenvalue weighted by Crippen LogP contribution is 2.36. The van der Waals surface area contributed by atoms with Crippen LogP contribution in [0.25, 0.3) is 0 Å². The van der Waals surface area contributed by atoms with Crippen molar-refractivity contribution >= 4 is 50.9 Å². The van der Waals surface area contributed by atoms with Crippen molar-refractivity contribution in [3.63, 3.8) is 0 Å². The number of aliphatic hydroxyl groups excluding tert-OH is 1. The van der Waals surface area contributed by atoms with Gasteiger partial charge in [-0.15, -0.1) is 0 Å². The van der Waals surface area contributed by atoms with Gasteiger partial charge in [0, 0.05) is 14.3 Å². The van der Waals surface area contributed by atoms with Gasteiger partial charge in [-0.2, -0.15) is 0 Å². The van der Waals surface area contributed by atoms with Crippen LogP contribution in [-0.4, -0.2) is 5.11 Å². The van der Waals surface area contributed by atoms with Crippen LogP contribution < -0.4 is 0 Å². The highest BCUT2D eigenvalue weighted by atomic mass is 79.9. The summed E-state index contributed by atoms with van der Waals surface area (Å²) in [5, 5.41) is 10.1. The van der Waals surface area contributed by atoms with E-state index >= 15 is 0 Å². The van der Waals surface area contributed by atoms with Gasteiger partial charge in [-0.25, -0.2) is 0 Å². The van der Waals surface area contributed by atoms with Gasteiger partial charge in [-0.3, -0.25) is 0 Å². The lowest BCUT2D eigenvalue weighted by Gasteiger charge is -2.07. The molecule has 0 atom stereocenters. The average molecular weight is 364 g/mol. The molecule has 0 aromatic heterocycles. The first-order valence-corrected chi connectivity index (χ1v) is 7.49. The van der Waals surface area contributed by atoms with Crippen LogP contribution in [-0.2, 0) is 6.61 Å². The van der Waals surface area contributed by atoms with Gasteiger partial charge in [-0.05, 0) is 51.8 Å². The van der Waals surface area contributed by atoms with Gasteiger partial charge in [-0.1, -0.05) is 41.0 Å². The van der Waals surface area contributed by atoms with Crippen molar-refractivity contribution in [3.8, 4) is 0 Å². The third kappa shape index (κ3) is 3.43. The Balaban J connectivity index is 2.25. The Kier molecular flexibility index (Phi) is 4.98. The van der Waals surface area contributed by atoms with Crippen molar-refractivity contribution in [1.29, 1.82) is 0 Å². The normalized spacial score (nSPS) is 10.7. The molecule has 0 spiro atoms. The Hall–Kier alpha value is -0.190. The molecule has 0 fully saturated rings. The molecule has 0 unspecified atom stereocenters. The third-order valence-corrected chi connectivity index (χ3v) is 5.02. The second kappa shape index (κ2) is 6.31. The summed E-state index contributed by atoms with van der Waals surface area (Å²) in [6, 6.07) is 11.3. The highest BCUT2D eigenvalue weighted by molar-refractivity contribution is 9.10. The molecule has 0 bridgehead atoms. The maximum Gasteiger partial charge on any atom is 0.0682 e. The maximum atomic E-state index is 9.05. The zero-order valence-corrected chi connectivity index (χ0v) is 13.1. The van der Waals surface area contributed by atoms with Crippen molar-refractivity contribution in [1.82, 2.24) is 0 Å². The summed E-state index contributed by atoms with van der Waals surface area (Å²) in [5.74, 6) is 0. The summed E-state index contributed by atoms with van der Waals surface area (Å²) in [6.45, 7) is 0.0380. The first-order chi connectivity index (χ1) is 8.60. The lowest BCUT2D eigenvalue weighted by Crippen LogP contribution is -1.84. The van der Waals surface area contributed by atoms with Gasteiger partial charge in [0.1, 0.15) is 0 Å². The van der Waals surface area contributed by atoms with Crippen LogP contribution in [0, 0.1) is 0 Å². The van der Waals surface area contributed by atoms with Gasteiger partial charge < -0.3 is 5.11 Å². The zero-order chi connectivity index (χ0) is 13.1. The first kappa shape index (κ1) is 14.2. The van der Waals surface area contributed by atoms with E-state index in [1.54, 1.807) is 17.8 Å². The molecule has 1 N–H and O–H groups in total. The van der Waals surface area contributed by atoms with Gasteiger partial charge in [0.25, 0.3) is 0 Å². The Morgan fingerprint density at radius 1 is 1.06 bits per heavy atom. The first-order valence-electron chi connectivity index (χ1n) is 5.12. The Morgan fingerprint density at radius 2 is 1.83 bits per heavy atom. The molecule has 0 saturated carbocycles. The fourth-order valence-electron chi connectivity index (χ4n) is 1.39. The maximum absolute atomic E-state index is 9.05. The summed E-state index contributed by atoms with van der Waals surface area (Å²) < 4.78 is 0.949. The van der Waals surface area contributed by atoms with E-state index < -0.39 is 0 Å². The minimum absolute atomic E-state index is 0.0380. The van der Waals surface area contributed by atoms with E-state index in [4.69, 9.17) is 28.3 Å². The average Bonchev–Trinajstić information content (AvgIpc) is 2.36. The van der Waals surface area contributed by atoms with Crippen molar-refractivity contribution in [2.75, 3.05) is 0 Å². The number of hydrogen-bond acceptors (Lipinski definition) is 2. The predicted molar refractivity (Wildman–Crippen MR) is 80.6 cm³/mol. The summed E-state index contributed by atoms with van der Waals surface area (Å²) in [7, 11) is 0. The topological polar surface area (TPSA) is 20.2 Å². The molecular weight excluding hydrogens is 355 g/mol. The number of aliphatic hydroxyl groups is 1. The standard InChI is InChI=1S/C13H9BrCl2OS/c14-10-5-8(7-17)1-4-13(10)18-9-2-3-11(15)12(16)6-9/h1-6,17H,7H2. The molecule has 0 radical (unpaired) electrons. The van der Waals surface area contributed by atoms with Gasteiger partial charge in [0.15, 0.2) is 0 Å². The summed E-state index contributed by atoms with van der Waals surface area (Å²) >= 11 is 16.9. The van der Waals surface area contributed by atoms with Crippen LogP contribution in [0.15, 0.2) is 50.7 Å². The molecule has 0 aliphatic heterocycles. The molecule has 0 amide bonds. The van der Waals surface area contributed by atoms with E-state index in [1.165, 1.54) is 0 Å². The van der Waals surface area contributed by atoms with Gasteiger partial charge in [0.05, 0.1) is 16.7 Å². The zero-order valence-electron chi connectivity index (χ0n) is 9.16. The predicted octanol–water partition coefficient (Wildman–Crippen LogP) is 5.40. The molecule has 0 saturated heterocycles. The molecular formula is C13H9BrCl2OS. The lowest BCUT2D eigenvalue weighted by molar-refractivity contribution is 0.281. The number of hydrogen-bond donors (Lipinski definition) is 1. The Morgan fingerprint density at radius 3 is 2.44 bits per heavy atom. The molecule has 2 rings (SSSR count). The SMILES string of the molecule is OCc1ccc(Sc2ccc(Cl)c(Cl)c2)c(Br)c1. The molecule has 5 heteroatoms. The van der Waals surface area contributed by atoms with E-state index in [2.05, 4.69) is 15.9 Å². The van der Waals surface area contributed by atoms with Crippen molar-refractivity contribution in [2.24, 2.45) is 0 Å². The minimum atomic E-state index is 0.0380. The van der Waals surface area contributed by atoms with E-state index in [0.29, 0.717) is 10.0 Å². The smallest absolute Gasteiger partial charge is 0.0682 e. The van der Waals surface area contributed by atoms with Crippen LogP contribution >= 0.6 is 50.9 Å². The quantitative estimate of drug-likeness (QED) is 0.787. The second-order valence-corrected chi connectivity index (χ2v) is 6.38. The van der Waals surface area contributed by atoms with Gasteiger partial charge >= 0.3 is 0 Å². The van der Waals surface area contributed by atoms with Crippen LogP contribution in [0.5, 0.6) is 0 Å². The van der Waals surface area contributed by atoms with Crippen molar-refractivity contribution < 1.29 is 5.11 Å².